The van der Waals surface area contributed by atoms with E-state index in [1.165, 1.54) is 0 Å². The van der Waals surface area contributed by atoms with Gasteiger partial charge < -0.3 is 15.1 Å². The monoisotopic (exact) mass is 419 g/mol. The summed E-state index contributed by atoms with van der Waals surface area (Å²) >= 11 is 0. The highest BCUT2D eigenvalue weighted by atomic mass is 16.3. The fourth-order valence-corrected chi connectivity index (χ4v) is 3.67. The van der Waals surface area contributed by atoms with Crippen LogP contribution in [0.4, 0.5) is 10.5 Å². The van der Waals surface area contributed by atoms with Gasteiger partial charge >= 0.3 is 6.03 Å². The fourth-order valence-electron chi connectivity index (χ4n) is 3.67. The third-order valence-corrected chi connectivity index (χ3v) is 5.20. The lowest BCUT2D eigenvalue weighted by molar-refractivity contribution is 0.250. The first-order chi connectivity index (χ1) is 15.8. The molecular weight excluding hydrogens is 398 g/mol. The van der Waals surface area contributed by atoms with Gasteiger partial charge in [-0.2, -0.15) is 0 Å². The van der Waals surface area contributed by atoms with Crippen LogP contribution in [0.25, 0.3) is 22.6 Å². The van der Waals surface area contributed by atoms with Crippen LogP contribution in [0.5, 0.6) is 0 Å². The van der Waals surface area contributed by atoms with Crippen molar-refractivity contribution >= 4 is 22.8 Å². The quantitative estimate of drug-likeness (QED) is 0.346. The second kappa shape index (κ2) is 8.78. The van der Waals surface area contributed by atoms with Crippen LogP contribution < -0.4 is 10.6 Å². The zero-order chi connectivity index (χ0) is 21.8. The molecule has 0 spiro atoms. The van der Waals surface area contributed by atoms with Gasteiger partial charge in [0.15, 0.2) is 5.58 Å². The van der Waals surface area contributed by atoms with Gasteiger partial charge in [-0.1, -0.05) is 78.9 Å². The summed E-state index contributed by atoms with van der Waals surface area (Å²) in [6.45, 7) is 0. The molecule has 0 radical (unpaired) electrons. The number of oxazole rings is 1. The lowest BCUT2D eigenvalue weighted by Gasteiger charge is -2.20. The highest BCUT2D eigenvalue weighted by molar-refractivity contribution is 5.90. The number of hydrogen-bond acceptors (Lipinski definition) is 3. The number of nitrogens with zero attached hydrogens (tertiary/aromatic N) is 1. The molecule has 0 atom stereocenters. The average Bonchev–Trinajstić information content (AvgIpc) is 3.28. The Morgan fingerprint density at radius 1 is 0.750 bits per heavy atom. The van der Waals surface area contributed by atoms with Crippen molar-refractivity contribution < 1.29 is 9.21 Å². The Morgan fingerprint density at radius 3 is 2.09 bits per heavy atom. The van der Waals surface area contributed by atoms with Crippen molar-refractivity contribution in [2.45, 2.75) is 6.04 Å². The van der Waals surface area contributed by atoms with Gasteiger partial charge in [0.2, 0.25) is 5.89 Å². The summed E-state index contributed by atoms with van der Waals surface area (Å²) in [6.07, 6.45) is 0. The van der Waals surface area contributed by atoms with Crippen LogP contribution in [0.1, 0.15) is 17.2 Å². The van der Waals surface area contributed by atoms with Gasteiger partial charge in [0.1, 0.15) is 5.52 Å². The third kappa shape index (κ3) is 4.23. The van der Waals surface area contributed by atoms with E-state index in [0.29, 0.717) is 11.6 Å². The van der Waals surface area contributed by atoms with Gasteiger partial charge in [-0.05, 0) is 41.5 Å². The second-order valence-corrected chi connectivity index (χ2v) is 7.42. The molecule has 0 bridgehead atoms. The molecule has 1 heterocycles. The maximum Gasteiger partial charge on any atom is 0.319 e. The van der Waals surface area contributed by atoms with E-state index in [9.17, 15) is 4.79 Å². The Morgan fingerprint density at radius 2 is 1.41 bits per heavy atom. The van der Waals surface area contributed by atoms with E-state index in [0.717, 1.165) is 27.8 Å². The molecule has 0 saturated carbocycles. The summed E-state index contributed by atoms with van der Waals surface area (Å²) in [5, 5.41) is 6.03. The molecule has 1 aromatic heterocycles. The molecule has 0 aliphatic heterocycles. The van der Waals surface area contributed by atoms with E-state index < -0.39 is 0 Å². The molecule has 32 heavy (non-hydrogen) atoms. The molecule has 0 unspecified atom stereocenters. The number of fused-ring (bicyclic) bond motifs is 1. The highest BCUT2D eigenvalue weighted by Crippen LogP contribution is 2.26. The predicted octanol–water partition coefficient (Wildman–Crippen LogP) is 6.41. The number of aromatic nitrogens is 1. The minimum atomic E-state index is -0.294. The van der Waals surface area contributed by atoms with Crippen LogP contribution in [0.3, 0.4) is 0 Å². The number of anilines is 1. The molecule has 5 aromatic rings. The fraction of sp³-hybridized carbons (Fsp3) is 0.0370. The number of carbonyl (C=O) groups is 1. The Bertz CT molecular complexity index is 1270. The Labute approximate surface area is 185 Å². The van der Waals surface area contributed by atoms with Crippen molar-refractivity contribution in [2.75, 3.05) is 5.32 Å². The molecule has 0 saturated heterocycles. The molecule has 5 rings (SSSR count). The Kier molecular flexibility index (Phi) is 5.37. The predicted molar refractivity (Wildman–Crippen MR) is 126 cm³/mol. The number of rotatable bonds is 5. The summed E-state index contributed by atoms with van der Waals surface area (Å²) in [5.41, 5.74) is 4.99. The van der Waals surface area contributed by atoms with E-state index >= 15 is 0 Å². The molecule has 5 heteroatoms. The molecule has 0 aliphatic carbocycles. The van der Waals surface area contributed by atoms with Gasteiger partial charge in [0, 0.05) is 11.3 Å². The minimum Gasteiger partial charge on any atom is -0.436 e. The summed E-state index contributed by atoms with van der Waals surface area (Å²) < 4.78 is 5.85. The highest BCUT2D eigenvalue weighted by Gasteiger charge is 2.17. The van der Waals surface area contributed by atoms with Crippen molar-refractivity contribution in [3.63, 3.8) is 0 Å². The van der Waals surface area contributed by atoms with E-state index in [2.05, 4.69) is 15.6 Å². The number of carbonyl (C=O) groups excluding carboxylic acids is 1. The van der Waals surface area contributed by atoms with E-state index in [1.54, 1.807) is 0 Å². The van der Waals surface area contributed by atoms with Crippen molar-refractivity contribution in [1.82, 2.24) is 10.3 Å². The van der Waals surface area contributed by atoms with Crippen LogP contribution in [0.2, 0.25) is 0 Å². The summed E-state index contributed by atoms with van der Waals surface area (Å²) in [7, 11) is 0. The summed E-state index contributed by atoms with van der Waals surface area (Å²) in [5.74, 6) is 0.515. The standard InChI is InChI=1S/C27H21N3O2/c31-27(30-25(19-10-3-1-4-11-19)20-12-5-2-6-13-20)28-22-15-9-14-21(18-22)26-29-23-16-7-8-17-24(23)32-26/h1-18,25H,(H2,28,30,31). The first-order valence-corrected chi connectivity index (χ1v) is 10.4. The molecule has 0 fully saturated rings. The summed E-state index contributed by atoms with van der Waals surface area (Å²) in [6, 6.07) is 34.3. The van der Waals surface area contributed by atoms with Crippen LogP contribution in [0, 0.1) is 0 Å². The van der Waals surface area contributed by atoms with E-state index in [1.807, 2.05) is 109 Å². The van der Waals surface area contributed by atoms with E-state index in [4.69, 9.17) is 4.42 Å². The van der Waals surface area contributed by atoms with Crippen LogP contribution in [0.15, 0.2) is 114 Å². The molecule has 156 valence electrons. The maximum atomic E-state index is 12.9. The lowest BCUT2D eigenvalue weighted by Crippen LogP contribution is -2.33. The van der Waals surface area contributed by atoms with Crippen molar-refractivity contribution in [2.24, 2.45) is 0 Å². The summed E-state index contributed by atoms with van der Waals surface area (Å²) in [4.78, 5) is 17.4. The zero-order valence-corrected chi connectivity index (χ0v) is 17.2. The second-order valence-electron chi connectivity index (χ2n) is 7.42. The average molecular weight is 419 g/mol. The molecule has 4 aromatic carbocycles. The minimum absolute atomic E-state index is 0.266. The van der Waals surface area contributed by atoms with Gasteiger partial charge in [-0.3, -0.25) is 0 Å². The first kappa shape index (κ1) is 19.6. The van der Waals surface area contributed by atoms with Gasteiger partial charge in [0.25, 0.3) is 0 Å². The number of benzene rings is 4. The topological polar surface area (TPSA) is 67.2 Å². The number of amides is 2. The van der Waals surface area contributed by atoms with Gasteiger partial charge in [-0.15, -0.1) is 0 Å². The number of urea groups is 1. The smallest absolute Gasteiger partial charge is 0.319 e. The normalized spacial score (nSPS) is 10.9. The van der Waals surface area contributed by atoms with Crippen molar-refractivity contribution in [3.8, 4) is 11.5 Å². The van der Waals surface area contributed by atoms with E-state index in [-0.39, 0.29) is 12.1 Å². The van der Waals surface area contributed by atoms with Crippen LogP contribution >= 0.6 is 0 Å². The molecule has 2 amide bonds. The third-order valence-electron chi connectivity index (χ3n) is 5.20. The SMILES string of the molecule is O=C(Nc1cccc(-c2nc3ccccc3o2)c1)NC(c1ccccc1)c1ccccc1. The maximum absolute atomic E-state index is 12.9. The van der Waals surface area contributed by atoms with Gasteiger partial charge in [-0.25, -0.2) is 9.78 Å². The Hall–Kier alpha value is -4.38. The van der Waals surface area contributed by atoms with Gasteiger partial charge in [0.05, 0.1) is 6.04 Å². The number of nitrogens with one attached hydrogen (secondary N) is 2. The zero-order valence-electron chi connectivity index (χ0n) is 17.2. The number of hydrogen-bond donors (Lipinski definition) is 2. The Balaban J connectivity index is 1.36. The van der Waals surface area contributed by atoms with Crippen LogP contribution in [-0.2, 0) is 0 Å². The van der Waals surface area contributed by atoms with Crippen LogP contribution in [-0.4, -0.2) is 11.0 Å². The molecular formula is C27H21N3O2. The molecule has 0 aliphatic rings. The molecule has 5 nitrogen and oxygen atoms in total. The number of para-hydroxylation sites is 2. The first-order valence-electron chi connectivity index (χ1n) is 10.4. The largest absolute Gasteiger partial charge is 0.436 e. The molecule has 2 N–H and O–H groups in total. The lowest BCUT2D eigenvalue weighted by atomic mass is 9.99. The van der Waals surface area contributed by atoms with Crippen molar-refractivity contribution in [1.29, 1.82) is 0 Å². The van der Waals surface area contributed by atoms with Crippen molar-refractivity contribution in [3.05, 3.63) is 120 Å².